The minimum absolute atomic E-state index is 0.0418. The molecule has 6 heterocycles. The van der Waals surface area contributed by atoms with Crippen molar-refractivity contribution in [2.75, 3.05) is 65.4 Å². The zero-order valence-corrected chi connectivity index (χ0v) is 72.5. The van der Waals surface area contributed by atoms with Crippen LogP contribution in [0.5, 0.6) is 34.5 Å². The number of thiophene rings is 2. The number of nitrogens with zero attached hydrogens (tertiary/aromatic N) is 3. The number of carbonyl (C=O) groups excluding carboxylic acids is 12. The number of aliphatic hydroxyl groups excluding tert-OH is 2. The van der Waals surface area contributed by atoms with Crippen molar-refractivity contribution in [1.29, 1.82) is 0 Å². The van der Waals surface area contributed by atoms with Gasteiger partial charge in [-0.2, -0.15) is 0 Å². The number of esters is 8. The second kappa shape index (κ2) is 43.3. The lowest BCUT2D eigenvalue weighted by molar-refractivity contribution is -0.288. The summed E-state index contributed by atoms with van der Waals surface area (Å²) in [6.45, 7) is 6.82. The molecule has 12 atom stereocenters. The van der Waals surface area contributed by atoms with E-state index in [1.165, 1.54) is 119 Å². The fourth-order valence-corrected chi connectivity index (χ4v) is 16.5. The standard InChI is InChI=1S/C87H97N5O32S2/c1-45(95)109-43-72-76(115-47(3)97)78(117-49(5)99)80(119-51(7)101)84(123-72)121-62-17-13-53(14-18-62)39-113-86(105)88-66-32-70(68(107-11)30-64(66)82(103)91-35-58-21-23-125-74(58)28-60(91)37-93)111-41-56-25-55(34-90(9)10)26-57(27-56)42-112-71-33-67(65(31-69(71)108-12)83(104)92-36-59-22-24-126-75(59)29-61(92)38-94)89-87(106)114-40-54-15-19-63(20-16-54)122-85-81(120-52(8)102)79(118-50(6)100)77(116-48(4)98)73(124-85)44-110-46(2)96/h13-27,30-33,60-61,72-73,76-81,84-85,93-94H,28-29,34-44H2,1-12H3,(H,88,105)(H,89,106)/t60-,61-,72+,73+,76-,77-,78-,79-,80+,81+,84+,85+/m0/s1. The highest BCUT2D eigenvalue weighted by Gasteiger charge is 2.55. The number of benzene rings is 5. The van der Waals surface area contributed by atoms with E-state index in [9.17, 15) is 58.2 Å². The second-order valence-electron chi connectivity index (χ2n) is 29.8. The number of methoxy groups -OCH3 is 2. The lowest BCUT2D eigenvalue weighted by Gasteiger charge is -2.43. The van der Waals surface area contributed by atoms with Gasteiger partial charge in [0.2, 0.25) is 24.8 Å². The maximum Gasteiger partial charge on any atom is 0.411 e. The normalized spacial score (nSPS) is 20.5. The number of hydrogen-bond acceptors (Lipinski definition) is 35. The molecule has 39 heteroatoms. The van der Waals surface area contributed by atoms with Gasteiger partial charge in [0.05, 0.1) is 62.0 Å². The maximum atomic E-state index is 15.0. The molecule has 0 bridgehead atoms. The molecule has 2 saturated heterocycles. The average molecular weight is 1790 g/mol. The van der Waals surface area contributed by atoms with Crippen LogP contribution in [0.1, 0.15) is 125 Å². The van der Waals surface area contributed by atoms with Crippen molar-refractivity contribution in [2.24, 2.45) is 0 Å². The molecule has 0 aliphatic carbocycles. The Morgan fingerprint density at radius 3 is 1.12 bits per heavy atom. The highest BCUT2D eigenvalue weighted by atomic mass is 32.1. The first-order chi connectivity index (χ1) is 60.2. The first-order valence-corrected chi connectivity index (χ1v) is 41.4. The largest absolute Gasteiger partial charge is 0.493 e. The van der Waals surface area contributed by atoms with Gasteiger partial charge in [-0.3, -0.25) is 58.6 Å². The molecule has 4 aliphatic heterocycles. The number of fused-ring (bicyclic) bond motifs is 2. The van der Waals surface area contributed by atoms with Gasteiger partial charge in [0.25, 0.3) is 11.8 Å². The quantitative estimate of drug-likeness (QED) is 0.0216. The van der Waals surface area contributed by atoms with Gasteiger partial charge >= 0.3 is 59.9 Å². The van der Waals surface area contributed by atoms with Gasteiger partial charge in [0, 0.05) is 110 Å². The predicted octanol–water partition coefficient (Wildman–Crippen LogP) is 8.59. The fourth-order valence-electron chi connectivity index (χ4n) is 14.5. The topological polar surface area (TPSA) is 445 Å². The van der Waals surface area contributed by atoms with Crippen molar-refractivity contribution < 1.29 is 153 Å². The van der Waals surface area contributed by atoms with Crippen molar-refractivity contribution in [2.45, 2.75) is 188 Å². The Hall–Kier alpha value is -12.7. The first-order valence-electron chi connectivity index (χ1n) is 39.6. The van der Waals surface area contributed by atoms with Gasteiger partial charge < -0.3 is 110 Å². The van der Waals surface area contributed by atoms with Crippen LogP contribution in [0, 0.1) is 0 Å². The van der Waals surface area contributed by atoms with E-state index in [1.807, 2.05) is 60.1 Å². The Morgan fingerprint density at radius 2 is 0.778 bits per heavy atom. The third-order valence-corrected chi connectivity index (χ3v) is 21.9. The molecule has 4 N–H and O–H groups in total. The summed E-state index contributed by atoms with van der Waals surface area (Å²) in [6, 6.07) is 25.9. The van der Waals surface area contributed by atoms with Gasteiger partial charge in [-0.25, -0.2) is 9.59 Å². The lowest BCUT2D eigenvalue weighted by atomic mass is 9.98. The van der Waals surface area contributed by atoms with Crippen molar-refractivity contribution in [3.05, 3.63) is 174 Å². The minimum Gasteiger partial charge on any atom is -0.493 e. The summed E-state index contributed by atoms with van der Waals surface area (Å²) < 4.78 is 104. The highest BCUT2D eigenvalue weighted by Crippen LogP contribution is 2.42. The van der Waals surface area contributed by atoms with E-state index in [-0.39, 0.29) is 110 Å². The zero-order valence-electron chi connectivity index (χ0n) is 70.9. The van der Waals surface area contributed by atoms with Gasteiger partial charge in [-0.1, -0.05) is 36.4 Å². The first kappa shape index (κ1) is 94.0. The summed E-state index contributed by atoms with van der Waals surface area (Å²) in [6.07, 6.45) is -15.8. The third kappa shape index (κ3) is 24.9. The minimum atomic E-state index is -1.54. The number of ether oxygens (including phenoxy) is 18. The Bertz CT molecular complexity index is 4810. The van der Waals surface area contributed by atoms with E-state index in [0.29, 0.717) is 41.6 Å². The molecule has 0 saturated carbocycles. The molecule has 0 radical (unpaired) electrons. The Morgan fingerprint density at radius 1 is 0.421 bits per heavy atom. The summed E-state index contributed by atoms with van der Waals surface area (Å²) >= 11 is 3.02. The van der Waals surface area contributed by atoms with E-state index in [4.69, 9.17) is 85.3 Å². The van der Waals surface area contributed by atoms with Crippen molar-refractivity contribution in [3.8, 4) is 34.5 Å². The van der Waals surface area contributed by atoms with E-state index in [2.05, 4.69) is 10.6 Å². The zero-order chi connectivity index (χ0) is 90.7. The molecule has 37 nitrogen and oxygen atoms in total. The Kier molecular flexibility index (Phi) is 32.3. The lowest BCUT2D eigenvalue weighted by Crippen LogP contribution is -2.63. The van der Waals surface area contributed by atoms with E-state index in [0.717, 1.165) is 81.8 Å². The molecule has 0 unspecified atom stereocenters. The van der Waals surface area contributed by atoms with Crippen LogP contribution in [-0.4, -0.2) is 225 Å². The number of carbonyl (C=O) groups is 12. The van der Waals surface area contributed by atoms with Gasteiger partial charge in [-0.15, -0.1) is 22.7 Å². The van der Waals surface area contributed by atoms with E-state index in [1.54, 1.807) is 0 Å². The van der Waals surface area contributed by atoms with Crippen LogP contribution in [0.15, 0.2) is 114 Å². The average Bonchev–Trinajstić information content (AvgIpc) is 1.08. The van der Waals surface area contributed by atoms with E-state index < -0.39 is 158 Å². The summed E-state index contributed by atoms with van der Waals surface area (Å²) in [5.74, 6) is -6.99. The van der Waals surface area contributed by atoms with Gasteiger partial charge in [0.15, 0.2) is 47.4 Å². The molecular formula is C87H97N5O32S2. The number of rotatable bonds is 34. The van der Waals surface area contributed by atoms with Crippen molar-refractivity contribution >= 4 is 106 Å². The molecule has 5 aromatic carbocycles. The van der Waals surface area contributed by atoms with Crippen LogP contribution in [0.2, 0.25) is 0 Å². The molecule has 11 rings (SSSR count). The molecule has 4 aliphatic rings. The molecule has 0 spiro atoms. The third-order valence-electron chi connectivity index (χ3n) is 20.0. The van der Waals surface area contributed by atoms with Gasteiger partial charge in [-0.05, 0) is 118 Å². The Labute approximate surface area is 731 Å². The maximum absolute atomic E-state index is 15.0. The molecule has 2 aromatic heterocycles. The SMILES string of the molecule is COc1cc(C(=O)N2Cc3ccsc3C[C@H]2CO)c(NC(=O)OCc2ccc(O[C@@H]3O[C@H](COC(C)=O)[C@H](OC(C)=O)[C@H](OC(C)=O)[C@H]3OC(C)=O)cc2)cc1OCc1cc(COc2cc(NC(=O)OCc3ccc(O[C@@H]4O[C@H](COC(C)=O)[C@H](OC(C)=O)[C@H](OC(C)=O)[C@H]4OC(C)=O)cc3)c(C(=O)N3Cc4ccsc4C[C@H]3CO)cc2OC)cc(CN(C)C)c1. The molecule has 7 aromatic rings. The molecule has 4 amide bonds. The number of anilines is 2. The van der Waals surface area contributed by atoms with Crippen LogP contribution in [0.4, 0.5) is 21.0 Å². The monoisotopic (exact) mass is 1790 g/mol. The second-order valence-corrected chi connectivity index (χ2v) is 31.8. The summed E-state index contributed by atoms with van der Waals surface area (Å²) in [7, 11) is 6.53. The number of aliphatic hydroxyl groups is 2. The van der Waals surface area contributed by atoms with Crippen LogP contribution >= 0.6 is 22.7 Å². The van der Waals surface area contributed by atoms with Crippen molar-refractivity contribution in [3.63, 3.8) is 0 Å². The number of nitrogens with one attached hydrogen (secondary N) is 2. The Balaban J connectivity index is 0.824. The van der Waals surface area contributed by atoms with E-state index >= 15 is 9.59 Å². The summed E-state index contributed by atoms with van der Waals surface area (Å²) in [5, 5.41) is 30.7. The molecule has 126 heavy (non-hydrogen) atoms. The molecule has 2 fully saturated rings. The van der Waals surface area contributed by atoms with Crippen LogP contribution in [0.3, 0.4) is 0 Å². The molecular weight excluding hydrogens is 1690 g/mol. The van der Waals surface area contributed by atoms with Crippen LogP contribution < -0.4 is 39.1 Å². The number of amides is 4. The summed E-state index contributed by atoms with van der Waals surface area (Å²) in [4.78, 5) is 164. The predicted molar refractivity (Wildman–Crippen MR) is 442 cm³/mol. The van der Waals surface area contributed by atoms with Crippen LogP contribution in [0.25, 0.3) is 0 Å². The van der Waals surface area contributed by atoms with Crippen LogP contribution in [-0.2, 0) is 154 Å². The smallest absolute Gasteiger partial charge is 0.411 e. The van der Waals surface area contributed by atoms with Gasteiger partial charge in [0.1, 0.15) is 63.3 Å². The highest BCUT2D eigenvalue weighted by molar-refractivity contribution is 7.10. The number of hydrogen-bond donors (Lipinski definition) is 4. The fraction of sp³-hybridized carbons (Fsp3) is 0.425. The van der Waals surface area contributed by atoms with Crippen molar-refractivity contribution in [1.82, 2.24) is 14.7 Å². The summed E-state index contributed by atoms with van der Waals surface area (Å²) in [5.41, 5.74) is 4.45. The molecule has 674 valence electrons.